The van der Waals surface area contributed by atoms with Gasteiger partial charge in [0.2, 0.25) is 8.32 Å². The fourth-order valence-electron chi connectivity index (χ4n) is 2.64. The van der Waals surface area contributed by atoms with Crippen LogP contribution in [-0.4, -0.2) is 31.5 Å². The van der Waals surface area contributed by atoms with Crippen molar-refractivity contribution in [2.45, 2.75) is 59.1 Å². The Kier molecular flexibility index (Phi) is 7.86. The molecule has 1 aromatic carbocycles. The monoisotopic (exact) mass is 349 g/mol. The van der Waals surface area contributed by atoms with E-state index in [1.165, 1.54) is 6.92 Å². The molecule has 0 aliphatic rings. The minimum atomic E-state index is -1.83. The summed E-state index contributed by atoms with van der Waals surface area (Å²) >= 11 is 0. The number of nitrogens with zero attached hydrogens (tertiary/aromatic N) is 1. The molecule has 24 heavy (non-hydrogen) atoms. The molecule has 2 atom stereocenters. The second kappa shape index (κ2) is 9.16. The van der Waals surface area contributed by atoms with Crippen LogP contribution in [0.3, 0.4) is 0 Å². The summed E-state index contributed by atoms with van der Waals surface area (Å²) in [5, 5.41) is 1.99. The Morgan fingerprint density at radius 2 is 1.83 bits per heavy atom. The van der Waals surface area contributed by atoms with Gasteiger partial charge >= 0.3 is 5.97 Å². The number of esters is 1. The number of hydrogen-bond donors (Lipinski definition) is 0. The molecule has 0 fully saturated rings. The van der Waals surface area contributed by atoms with Crippen LogP contribution in [0.5, 0.6) is 0 Å². The number of hydrogen-bond acceptors (Lipinski definition) is 4. The van der Waals surface area contributed by atoms with Gasteiger partial charge in [-0.3, -0.25) is 4.79 Å². The first-order valence-electron chi connectivity index (χ1n) is 8.43. The molecule has 0 aliphatic heterocycles. The van der Waals surface area contributed by atoms with Crippen LogP contribution in [0.15, 0.2) is 43.0 Å². The van der Waals surface area contributed by atoms with Crippen molar-refractivity contribution in [2.75, 3.05) is 0 Å². The van der Waals surface area contributed by atoms with Gasteiger partial charge in [-0.1, -0.05) is 50.8 Å². The highest BCUT2D eigenvalue weighted by Gasteiger charge is 2.34. The zero-order valence-corrected chi connectivity index (χ0v) is 16.8. The average Bonchev–Trinajstić information content (AvgIpc) is 2.45. The van der Waals surface area contributed by atoms with E-state index in [0.29, 0.717) is 6.54 Å². The first-order chi connectivity index (χ1) is 11.1. The molecule has 0 spiro atoms. The van der Waals surface area contributed by atoms with E-state index in [0.717, 1.165) is 5.56 Å². The Hall–Kier alpha value is -1.43. The summed E-state index contributed by atoms with van der Waals surface area (Å²) in [6, 6.07) is 10.1. The zero-order chi connectivity index (χ0) is 18.3. The molecule has 0 amide bonds. The first-order valence-corrected chi connectivity index (χ1v) is 11.8. The summed E-state index contributed by atoms with van der Waals surface area (Å²) in [4.78, 5) is 11.5. The highest BCUT2D eigenvalue weighted by molar-refractivity contribution is 6.69. The Morgan fingerprint density at radius 3 is 2.25 bits per heavy atom. The summed E-state index contributed by atoms with van der Waals surface area (Å²) < 4.78 is 11.9. The van der Waals surface area contributed by atoms with Crippen LogP contribution in [0.1, 0.15) is 26.3 Å². The van der Waals surface area contributed by atoms with Crippen molar-refractivity contribution in [3.63, 3.8) is 0 Å². The number of ether oxygens (including phenoxy) is 1. The van der Waals surface area contributed by atoms with Gasteiger partial charge < -0.3 is 9.26 Å². The molecular weight excluding hydrogens is 318 g/mol. The van der Waals surface area contributed by atoms with Crippen molar-refractivity contribution in [1.82, 2.24) is 5.06 Å². The largest absolute Gasteiger partial charge is 0.457 e. The molecule has 5 heteroatoms. The van der Waals surface area contributed by atoms with E-state index in [4.69, 9.17) is 9.26 Å². The van der Waals surface area contributed by atoms with Crippen molar-refractivity contribution in [3.05, 3.63) is 48.6 Å². The summed E-state index contributed by atoms with van der Waals surface area (Å²) in [5.74, 6) is -0.0781. The molecule has 1 aromatic rings. The van der Waals surface area contributed by atoms with Crippen LogP contribution in [0, 0.1) is 5.92 Å². The molecule has 0 radical (unpaired) electrons. The highest BCUT2D eigenvalue weighted by Crippen LogP contribution is 2.24. The third-order valence-electron chi connectivity index (χ3n) is 3.46. The first kappa shape index (κ1) is 20.6. The number of carbonyl (C=O) groups excluding carboxylic acids is 1. The fraction of sp³-hybridized carbons (Fsp3) is 0.526. The third-order valence-corrected chi connectivity index (χ3v) is 4.24. The van der Waals surface area contributed by atoms with Crippen LogP contribution < -0.4 is 0 Å². The lowest BCUT2D eigenvalue weighted by Gasteiger charge is -2.40. The lowest BCUT2D eigenvalue weighted by atomic mass is 9.97. The maximum Gasteiger partial charge on any atom is 0.303 e. The van der Waals surface area contributed by atoms with Gasteiger partial charge in [0.1, 0.15) is 6.10 Å². The van der Waals surface area contributed by atoms with Crippen molar-refractivity contribution in [2.24, 2.45) is 5.92 Å². The van der Waals surface area contributed by atoms with E-state index >= 15 is 0 Å². The Morgan fingerprint density at radius 1 is 1.25 bits per heavy atom. The Labute approximate surface area is 147 Å². The van der Waals surface area contributed by atoms with Gasteiger partial charge in [-0.05, 0) is 37.2 Å². The normalized spacial score (nSPS) is 14.5. The molecular formula is C19H31NO3Si. The minimum absolute atomic E-state index is 0.0988. The minimum Gasteiger partial charge on any atom is -0.457 e. The number of carbonyl (C=O) groups is 1. The SMILES string of the molecule is C=C[C@@H](OC(C)=O)[C@@H](C(C)C)N(Cc1ccccc1)O[Si](C)(C)C. The standard InChI is InChI=1S/C19H31NO3Si/c1-8-18(22-16(4)21)19(15(2)3)20(23-24(5,6)7)14-17-12-10-9-11-13-17/h8-13,15,18-19H,1,14H2,2-7H3/t18-,19-/m1/s1. The summed E-state index contributed by atoms with van der Waals surface area (Å²) in [6.45, 7) is 16.6. The second-order valence-electron chi connectivity index (χ2n) is 7.31. The molecule has 0 aromatic heterocycles. The van der Waals surface area contributed by atoms with E-state index in [1.54, 1.807) is 6.08 Å². The summed E-state index contributed by atoms with van der Waals surface area (Å²) in [6.07, 6.45) is 1.28. The fourth-order valence-corrected chi connectivity index (χ4v) is 3.53. The van der Waals surface area contributed by atoms with Gasteiger partial charge in [0, 0.05) is 13.5 Å². The van der Waals surface area contributed by atoms with E-state index in [1.807, 2.05) is 23.3 Å². The lowest BCUT2D eigenvalue weighted by Crippen LogP contribution is -2.51. The molecule has 0 saturated carbocycles. The third kappa shape index (κ3) is 6.99. The lowest BCUT2D eigenvalue weighted by molar-refractivity contribution is -0.171. The average molecular weight is 350 g/mol. The van der Waals surface area contributed by atoms with Crippen molar-refractivity contribution >= 4 is 14.3 Å². The van der Waals surface area contributed by atoms with Crippen molar-refractivity contribution in [3.8, 4) is 0 Å². The number of benzene rings is 1. The van der Waals surface area contributed by atoms with Crippen LogP contribution in [-0.2, 0) is 20.6 Å². The zero-order valence-electron chi connectivity index (χ0n) is 15.8. The predicted octanol–water partition coefficient (Wildman–Crippen LogP) is 4.40. The maximum absolute atomic E-state index is 11.5. The van der Waals surface area contributed by atoms with Crippen LogP contribution in [0.2, 0.25) is 19.6 Å². The van der Waals surface area contributed by atoms with E-state index in [9.17, 15) is 4.79 Å². The molecule has 0 bridgehead atoms. The second-order valence-corrected chi connectivity index (χ2v) is 11.7. The van der Waals surface area contributed by atoms with Crippen LogP contribution in [0.25, 0.3) is 0 Å². The maximum atomic E-state index is 11.5. The van der Waals surface area contributed by atoms with Gasteiger partial charge in [-0.25, -0.2) is 0 Å². The van der Waals surface area contributed by atoms with E-state index < -0.39 is 14.4 Å². The van der Waals surface area contributed by atoms with Gasteiger partial charge in [0.25, 0.3) is 0 Å². The Balaban J connectivity index is 3.14. The molecule has 0 aliphatic carbocycles. The molecule has 4 nitrogen and oxygen atoms in total. The quantitative estimate of drug-likeness (QED) is 0.287. The molecule has 0 unspecified atom stereocenters. The summed E-state index contributed by atoms with van der Waals surface area (Å²) in [5.41, 5.74) is 1.16. The number of hydroxylamine groups is 2. The van der Waals surface area contributed by atoms with Crippen molar-refractivity contribution < 1.29 is 14.1 Å². The molecule has 0 N–H and O–H groups in total. The van der Waals surface area contributed by atoms with Crippen LogP contribution in [0.4, 0.5) is 0 Å². The molecule has 134 valence electrons. The van der Waals surface area contributed by atoms with E-state index in [-0.39, 0.29) is 17.9 Å². The van der Waals surface area contributed by atoms with Gasteiger partial charge in [0.15, 0.2) is 0 Å². The van der Waals surface area contributed by atoms with Crippen molar-refractivity contribution in [1.29, 1.82) is 0 Å². The molecule has 1 rings (SSSR count). The van der Waals surface area contributed by atoms with E-state index in [2.05, 4.69) is 52.2 Å². The Bertz CT molecular complexity index is 525. The molecule has 0 heterocycles. The smallest absolute Gasteiger partial charge is 0.303 e. The summed E-state index contributed by atoms with van der Waals surface area (Å²) in [7, 11) is -1.83. The van der Waals surface area contributed by atoms with Gasteiger partial charge in [-0.15, -0.1) is 0 Å². The topological polar surface area (TPSA) is 38.8 Å². The van der Waals surface area contributed by atoms with Crippen LogP contribution >= 0.6 is 0 Å². The highest BCUT2D eigenvalue weighted by atomic mass is 28.4. The number of rotatable bonds is 9. The van der Waals surface area contributed by atoms with Gasteiger partial charge in [-0.2, -0.15) is 5.06 Å². The predicted molar refractivity (Wildman–Crippen MR) is 101 cm³/mol. The molecule has 0 saturated heterocycles. The van der Waals surface area contributed by atoms with Gasteiger partial charge in [0.05, 0.1) is 6.04 Å².